The smallest absolute Gasteiger partial charge is 0.0967 e. The summed E-state index contributed by atoms with van der Waals surface area (Å²) in [5, 5.41) is 2.40. The standard InChI is InChI=1S/C12H13NS/c1-3-9-8-12(14-2)13-11-7-5-4-6-10(9)11/h4-8H,3H2,1-2H3. The third-order valence-corrected chi connectivity index (χ3v) is 3.00. The van der Waals surface area contributed by atoms with Crippen molar-refractivity contribution in [3.05, 3.63) is 35.9 Å². The minimum absolute atomic E-state index is 1.07. The molecule has 1 heterocycles. The Kier molecular flexibility index (Phi) is 2.73. The molecule has 1 aromatic heterocycles. The van der Waals surface area contributed by atoms with E-state index in [0.717, 1.165) is 17.0 Å². The van der Waals surface area contributed by atoms with Crippen molar-refractivity contribution in [2.45, 2.75) is 18.4 Å². The first-order valence-corrected chi connectivity index (χ1v) is 6.00. The van der Waals surface area contributed by atoms with Crippen LogP contribution in [-0.4, -0.2) is 11.2 Å². The molecule has 0 unspecified atom stereocenters. The highest BCUT2D eigenvalue weighted by molar-refractivity contribution is 7.98. The van der Waals surface area contributed by atoms with E-state index in [2.05, 4.69) is 42.4 Å². The minimum atomic E-state index is 1.07. The largest absolute Gasteiger partial charge is 0.241 e. The molecule has 0 saturated heterocycles. The fraction of sp³-hybridized carbons (Fsp3) is 0.250. The van der Waals surface area contributed by atoms with E-state index in [9.17, 15) is 0 Å². The molecule has 2 aromatic rings. The van der Waals surface area contributed by atoms with Gasteiger partial charge in [-0.05, 0) is 30.4 Å². The minimum Gasteiger partial charge on any atom is -0.241 e. The summed E-state index contributed by atoms with van der Waals surface area (Å²) in [7, 11) is 0. The van der Waals surface area contributed by atoms with Gasteiger partial charge in [-0.15, -0.1) is 11.8 Å². The molecule has 0 spiro atoms. The van der Waals surface area contributed by atoms with Gasteiger partial charge in [0.25, 0.3) is 0 Å². The first-order chi connectivity index (χ1) is 6.85. The molecule has 0 saturated carbocycles. The van der Waals surface area contributed by atoms with Gasteiger partial charge < -0.3 is 0 Å². The molecule has 0 aliphatic carbocycles. The van der Waals surface area contributed by atoms with E-state index >= 15 is 0 Å². The maximum atomic E-state index is 4.57. The molecule has 14 heavy (non-hydrogen) atoms. The third-order valence-electron chi connectivity index (χ3n) is 2.37. The average molecular weight is 203 g/mol. The van der Waals surface area contributed by atoms with Crippen molar-refractivity contribution in [3.63, 3.8) is 0 Å². The molecular weight excluding hydrogens is 190 g/mol. The molecule has 2 rings (SSSR count). The zero-order valence-electron chi connectivity index (χ0n) is 8.45. The quantitative estimate of drug-likeness (QED) is 0.693. The number of rotatable bonds is 2. The van der Waals surface area contributed by atoms with Crippen LogP contribution in [0.5, 0.6) is 0 Å². The molecule has 0 atom stereocenters. The normalized spacial score (nSPS) is 10.7. The molecule has 1 nitrogen and oxygen atoms in total. The predicted octanol–water partition coefficient (Wildman–Crippen LogP) is 3.52. The van der Waals surface area contributed by atoms with Crippen LogP contribution in [0.3, 0.4) is 0 Å². The van der Waals surface area contributed by atoms with E-state index in [-0.39, 0.29) is 0 Å². The van der Waals surface area contributed by atoms with Crippen LogP contribution in [0.4, 0.5) is 0 Å². The summed E-state index contributed by atoms with van der Waals surface area (Å²) in [5.41, 5.74) is 2.50. The molecular formula is C12H13NS. The number of para-hydroxylation sites is 1. The monoisotopic (exact) mass is 203 g/mol. The van der Waals surface area contributed by atoms with E-state index < -0.39 is 0 Å². The van der Waals surface area contributed by atoms with Crippen LogP contribution >= 0.6 is 11.8 Å². The highest BCUT2D eigenvalue weighted by Gasteiger charge is 2.02. The molecule has 0 bridgehead atoms. The number of thioether (sulfide) groups is 1. The number of hydrogen-bond acceptors (Lipinski definition) is 2. The summed E-state index contributed by atoms with van der Waals surface area (Å²) in [4.78, 5) is 4.57. The molecule has 0 aliphatic rings. The molecule has 0 amide bonds. The van der Waals surface area contributed by atoms with Crippen molar-refractivity contribution < 1.29 is 0 Å². The Labute approximate surface area is 88.6 Å². The van der Waals surface area contributed by atoms with Crippen LogP contribution < -0.4 is 0 Å². The van der Waals surface area contributed by atoms with E-state index in [1.807, 2.05) is 6.07 Å². The second-order valence-electron chi connectivity index (χ2n) is 3.19. The fourth-order valence-corrected chi connectivity index (χ4v) is 2.07. The van der Waals surface area contributed by atoms with Gasteiger partial charge >= 0.3 is 0 Å². The molecule has 2 heteroatoms. The number of nitrogens with zero attached hydrogens (tertiary/aromatic N) is 1. The number of aromatic nitrogens is 1. The Bertz CT molecular complexity index is 451. The van der Waals surface area contributed by atoms with Crippen LogP contribution in [-0.2, 0) is 6.42 Å². The number of pyridine rings is 1. The van der Waals surface area contributed by atoms with Gasteiger partial charge in [-0.25, -0.2) is 4.98 Å². The summed E-state index contributed by atoms with van der Waals surface area (Å²) in [6.45, 7) is 2.19. The summed E-state index contributed by atoms with van der Waals surface area (Å²) in [6.07, 6.45) is 3.13. The average Bonchev–Trinajstić information content (AvgIpc) is 2.27. The van der Waals surface area contributed by atoms with Gasteiger partial charge in [-0.3, -0.25) is 0 Å². The summed E-state index contributed by atoms with van der Waals surface area (Å²) < 4.78 is 0. The zero-order chi connectivity index (χ0) is 9.97. The van der Waals surface area contributed by atoms with Crippen molar-refractivity contribution in [1.29, 1.82) is 0 Å². The topological polar surface area (TPSA) is 12.9 Å². The molecule has 0 N–H and O–H groups in total. The van der Waals surface area contributed by atoms with Crippen molar-refractivity contribution in [2.24, 2.45) is 0 Å². The second kappa shape index (κ2) is 4.01. The van der Waals surface area contributed by atoms with Gasteiger partial charge in [0.2, 0.25) is 0 Å². The Morgan fingerprint density at radius 3 is 2.79 bits per heavy atom. The third kappa shape index (κ3) is 1.62. The molecule has 0 radical (unpaired) electrons. The predicted molar refractivity (Wildman–Crippen MR) is 62.9 cm³/mol. The maximum absolute atomic E-state index is 4.57. The number of benzene rings is 1. The molecule has 1 aromatic carbocycles. The first-order valence-electron chi connectivity index (χ1n) is 4.77. The lowest BCUT2D eigenvalue weighted by Gasteiger charge is -2.05. The van der Waals surface area contributed by atoms with E-state index in [0.29, 0.717) is 0 Å². The Hall–Kier alpha value is -1.02. The molecule has 0 fully saturated rings. The van der Waals surface area contributed by atoms with Crippen LogP contribution in [0.2, 0.25) is 0 Å². The first kappa shape index (κ1) is 9.53. The van der Waals surface area contributed by atoms with Crippen LogP contribution in [0, 0.1) is 0 Å². The van der Waals surface area contributed by atoms with Gasteiger partial charge in [0.05, 0.1) is 10.5 Å². The Morgan fingerprint density at radius 1 is 1.29 bits per heavy atom. The van der Waals surface area contributed by atoms with Gasteiger partial charge in [0.1, 0.15) is 0 Å². The van der Waals surface area contributed by atoms with Gasteiger partial charge in [0.15, 0.2) is 0 Å². The molecule has 0 aliphatic heterocycles. The van der Waals surface area contributed by atoms with Gasteiger partial charge in [-0.2, -0.15) is 0 Å². The van der Waals surface area contributed by atoms with E-state index in [4.69, 9.17) is 0 Å². The van der Waals surface area contributed by atoms with Crippen molar-refractivity contribution in [3.8, 4) is 0 Å². The van der Waals surface area contributed by atoms with Crippen molar-refractivity contribution in [1.82, 2.24) is 4.98 Å². The van der Waals surface area contributed by atoms with Crippen LogP contribution in [0.1, 0.15) is 12.5 Å². The molecule has 72 valence electrons. The van der Waals surface area contributed by atoms with Gasteiger partial charge in [-0.1, -0.05) is 25.1 Å². The van der Waals surface area contributed by atoms with Crippen molar-refractivity contribution in [2.75, 3.05) is 6.26 Å². The zero-order valence-corrected chi connectivity index (χ0v) is 9.27. The number of hydrogen-bond donors (Lipinski definition) is 0. The number of fused-ring (bicyclic) bond motifs is 1. The Balaban J connectivity index is 2.73. The van der Waals surface area contributed by atoms with Crippen molar-refractivity contribution >= 4 is 22.7 Å². The van der Waals surface area contributed by atoms with E-state index in [1.165, 1.54) is 10.9 Å². The van der Waals surface area contributed by atoms with Gasteiger partial charge in [0, 0.05) is 5.39 Å². The summed E-state index contributed by atoms with van der Waals surface area (Å²) >= 11 is 1.70. The SMILES string of the molecule is CCc1cc(SC)nc2ccccc12. The van der Waals surface area contributed by atoms with E-state index in [1.54, 1.807) is 11.8 Å². The van der Waals surface area contributed by atoms with Crippen LogP contribution in [0.25, 0.3) is 10.9 Å². The number of aryl methyl sites for hydroxylation is 1. The lowest BCUT2D eigenvalue weighted by atomic mass is 10.1. The summed E-state index contributed by atoms with van der Waals surface area (Å²) in [6, 6.07) is 10.5. The maximum Gasteiger partial charge on any atom is 0.0967 e. The highest BCUT2D eigenvalue weighted by Crippen LogP contribution is 2.22. The lowest BCUT2D eigenvalue weighted by molar-refractivity contribution is 1.10. The van der Waals surface area contributed by atoms with Crippen LogP contribution in [0.15, 0.2) is 35.4 Å². The highest BCUT2D eigenvalue weighted by atomic mass is 32.2. The lowest BCUT2D eigenvalue weighted by Crippen LogP contribution is -1.89. The second-order valence-corrected chi connectivity index (χ2v) is 4.02. The summed E-state index contributed by atoms with van der Waals surface area (Å²) in [5.74, 6) is 0. The fourth-order valence-electron chi connectivity index (χ4n) is 1.62. The Morgan fingerprint density at radius 2 is 2.07 bits per heavy atom.